The molecule has 2 rings (SSSR count). The lowest BCUT2D eigenvalue weighted by molar-refractivity contribution is -0.135. The number of urea groups is 1. The highest BCUT2D eigenvalue weighted by Gasteiger charge is 2.29. The van der Waals surface area contributed by atoms with Crippen LogP contribution in [0, 0.1) is 0 Å². The van der Waals surface area contributed by atoms with Crippen LogP contribution >= 0.6 is 0 Å². The molecule has 8 nitrogen and oxygen atoms in total. The third kappa shape index (κ3) is 5.17. The van der Waals surface area contributed by atoms with Crippen molar-refractivity contribution in [1.82, 2.24) is 25.3 Å². The van der Waals surface area contributed by atoms with Crippen molar-refractivity contribution >= 4 is 17.8 Å². The van der Waals surface area contributed by atoms with E-state index in [4.69, 9.17) is 0 Å². The Kier molecular flexibility index (Phi) is 6.99. The normalized spacial score (nSPS) is 20.7. The van der Waals surface area contributed by atoms with Crippen LogP contribution in [0.5, 0.6) is 0 Å². The first-order valence-corrected chi connectivity index (χ1v) is 8.84. The molecule has 2 fully saturated rings. The molecule has 2 aliphatic rings. The maximum atomic E-state index is 12.3. The van der Waals surface area contributed by atoms with Crippen LogP contribution in [0.25, 0.3) is 0 Å². The van der Waals surface area contributed by atoms with Crippen LogP contribution < -0.4 is 10.6 Å². The quantitative estimate of drug-likeness (QED) is 0.703. The zero-order chi connectivity index (χ0) is 17.5. The smallest absolute Gasteiger partial charge is 0.321 e. The van der Waals surface area contributed by atoms with E-state index in [0.29, 0.717) is 39.3 Å². The van der Waals surface area contributed by atoms with Gasteiger partial charge in [-0.05, 0) is 39.8 Å². The average Bonchev–Trinajstić information content (AvgIpc) is 3.07. The second kappa shape index (κ2) is 8.98. The standard InChI is InChI=1S/C16H29N5O3/c1-3-17-16(24)18-15(23)13(2)20-8-10-21(11-9-20)14(22)12-19-6-4-5-7-19/h13H,3-12H2,1-2H3,(H2,17,18,23,24)/t13-/m0/s1. The van der Waals surface area contributed by atoms with Gasteiger partial charge in [0.2, 0.25) is 11.8 Å². The Hall–Kier alpha value is -1.67. The first kappa shape index (κ1) is 18.7. The number of nitrogens with one attached hydrogen (secondary N) is 2. The summed E-state index contributed by atoms with van der Waals surface area (Å²) in [4.78, 5) is 41.9. The summed E-state index contributed by atoms with van der Waals surface area (Å²) in [7, 11) is 0. The molecular formula is C16H29N5O3. The van der Waals surface area contributed by atoms with E-state index in [1.165, 1.54) is 12.8 Å². The SMILES string of the molecule is CCNC(=O)NC(=O)[C@H](C)N1CCN(C(=O)CN2CCCC2)CC1. The van der Waals surface area contributed by atoms with Gasteiger partial charge < -0.3 is 10.2 Å². The minimum Gasteiger partial charge on any atom is -0.339 e. The summed E-state index contributed by atoms with van der Waals surface area (Å²) >= 11 is 0. The van der Waals surface area contributed by atoms with Crippen molar-refractivity contribution in [2.45, 2.75) is 32.7 Å². The molecular weight excluding hydrogens is 310 g/mol. The van der Waals surface area contributed by atoms with Crippen LogP contribution in [0.3, 0.4) is 0 Å². The van der Waals surface area contributed by atoms with Gasteiger partial charge in [-0.1, -0.05) is 0 Å². The maximum absolute atomic E-state index is 12.3. The molecule has 2 heterocycles. The summed E-state index contributed by atoms with van der Waals surface area (Å²) in [5.74, 6) is -0.131. The molecule has 2 N–H and O–H groups in total. The van der Waals surface area contributed by atoms with Crippen molar-refractivity contribution < 1.29 is 14.4 Å². The van der Waals surface area contributed by atoms with Crippen LogP contribution in [0.4, 0.5) is 4.79 Å². The van der Waals surface area contributed by atoms with Gasteiger partial charge >= 0.3 is 6.03 Å². The van der Waals surface area contributed by atoms with Crippen molar-refractivity contribution in [3.8, 4) is 0 Å². The molecule has 0 spiro atoms. The van der Waals surface area contributed by atoms with Crippen molar-refractivity contribution in [1.29, 1.82) is 0 Å². The number of piperazine rings is 1. The van der Waals surface area contributed by atoms with Crippen molar-refractivity contribution in [2.75, 3.05) is 52.4 Å². The van der Waals surface area contributed by atoms with E-state index in [-0.39, 0.29) is 17.9 Å². The van der Waals surface area contributed by atoms with Gasteiger partial charge in [0.1, 0.15) is 0 Å². The molecule has 0 aliphatic carbocycles. The Morgan fingerprint density at radius 3 is 2.21 bits per heavy atom. The molecule has 136 valence electrons. The summed E-state index contributed by atoms with van der Waals surface area (Å²) in [5, 5.41) is 4.89. The van der Waals surface area contributed by atoms with Crippen LogP contribution in [0.15, 0.2) is 0 Å². The zero-order valence-corrected chi connectivity index (χ0v) is 14.7. The number of hydrogen-bond donors (Lipinski definition) is 2. The Morgan fingerprint density at radius 2 is 1.62 bits per heavy atom. The van der Waals surface area contributed by atoms with E-state index in [2.05, 4.69) is 15.5 Å². The summed E-state index contributed by atoms with van der Waals surface area (Å²) < 4.78 is 0. The Bertz CT molecular complexity index is 457. The van der Waals surface area contributed by atoms with Gasteiger partial charge in [0.05, 0.1) is 12.6 Å². The molecule has 4 amide bonds. The molecule has 2 aliphatic heterocycles. The van der Waals surface area contributed by atoms with Gasteiger partial charge in [0.25, 0.3) is 0 Å². The highest BCUT2D eigenvalue weighted by molar-refractivity contribution is 5.96. The van der Waals surface area contributed by atoms with E-state index < -0.39 is 6.03 Å². The number of rotatable bonds is 5. The van der Waals surface area contributed by atoms with Crippen LogP contribution in [0.1, 0.15) is 26.7 Å². The zero-order valence-electron chi connectivity index (χ0n) is 14.7. The molecule has 0 saturated carbocycles. The summed E-state index contributed by atoms with van der Waals surface area (Å²) in [6.07, 6.45) is 2.36. The van der Waals surface area contributed by atoms with Crippen LogP contribution in [0.2, 0.25) is 0 Å². The molecule has 24 heavy (non-hydrogen) atoms. The third-order valence-corrected chi connectivity index (χ3v) is 4.73. The number of imide groups is 1. The lowest BCUT2D eigenvalue weighted by Gasteiger charge is -2.37. The summed E-state index contributed by atoms with van der Waals surface area (Å²) in [5.41, 5.74) is 0. The minimum atomic E-state index is -0.464. The van der Waals surface area contributed by atoms with E-state index in [0.717, 1.165) is 13.1 Å². The van der Waals surface area contributed by atoms with Gasteiger partial charge in [-0.25, -0.2) is 4.79 Å². The second-order valence-corrected chi connectivity index (χ2v) is 6.42. The number of carbonyl (C=O) groups is 3. The second-order valence-electron chi connectivity index (χ2n) is 6.42. The van der Waals surface area contributed by atoms with E-state index >= 15 is 0 Å². The molecule has 0 radical (unpaired) electrons. The van der Waals surface area contributed by atoms with Gasteiger partial charge in [-0.15, -0.1) is 0 Å². The first-order chi connectivity index (χ1) is 11.5. The van der Waals surface area contributed by atoms with Crippen LogP contribution in [-0.2, 0) is 9.59 Å². The average molecular weight is 339 g/mol. The van der Waals surface area contributed by atoms with Gasteiger partial charge in [-0.2, -0.15) is 0 Å². The fourth-order valence-electron chi connectivity index (χ4n) is 3.18. The van der Waals surface area contributed by atoms with Gasteiger partial charge in [0.15, 0.2) is 0 Å². The Morgan fingerprint density at radius 1 is 1.00 bits per heavy atom. The Balaban J connectivity index is 1.73. The summed E-state index contributed by atoms with van der Waals surface area (Å²) in [6.45, 7) is 9.16. The first-order valence-electron chi connectivity index (χ1n) is 8.84. The van der Waals surface area contributed by atoms with Crippen molar-refractivity contribution in [3.63, 3.8) is 0 Å². The van der Waals surface area contributed by atoms with Gasteiger partial charge in [0, 0.05) is 32.7 Å². The lowest BCUT2D eigenvalue weighted by Crippen LogP contribution is -2.57. The van der Waals surface area contributed by atoms with E-state index in [1.807, 2.05) is 9.80 Å². The lowest BCUT2D eigenvalue weighted by atomic mass is 10.2. The number of likely N-dealkylation sites (tertiary alicyclic amines) is 1. The number of carbonyl (C=O) groups excluding carboxylic acids is 3. The molecule has 1 atom stereocenters. The summed E-state index contributed by atoms with van der Waals surface area (Å²) in [6, 6.07) is -0.850. The molecule has 8 heteroatoms. The van der Waals surface area contributed by atoms with Gasteiger partial charge in [-0.3, -0.25) is 24.7 Å². The molecule has 0 bridgehead atoms. The highest BCUT2D eigenvalue weighted by Crippen LogP contribution is 2.10. The number of hydrogen-bond acceptors (Lipinski definition) is 5. The topological polar surface area (TPSA) is 85.0 Å². The molecule has 2 saturated heterocycles. The number of amides is 4. The van der Waals surface area contributed by atoms with Crippen molar-refractivity contribution in [2.24, 2.45) is 0 Å². The maximum Gasteiger partial charge on any atom is 0.321 e. The Labute approximate surface area is 143 Å². The molecule has 0 unspecified atom stereocenters. The largest absolute Gasteiger partial charge is 0.339 e. The van der Waals surface area contributed by atoms with Crippen LogP contribution in [-0.4, -0.2) is 90.9 Å². The molecule has 0 aromatic carbocycles. The van der Waals surface area contributed by atoms with E-state index in [1.54, 1.807) is 13.8 Å². The third-order valence-electron chi connectivity index (χ3n) is 4.73. The fourth-order valence-corrected chi connectivity index (χ4v) is 3.18. The highest BCUT2D eigenvalue weighted by atomic mass is 16.2. The predicted molar refractivity (Wildman–Crippen MR) is 90.5 cm³/mol. The fraction of sp³-hybridized carbons (Fsp3) is 0.812. The minimum absolute atomic E-state index is 0.177. The number of nitrogens with zero attached hydrogens (tertiary/aromatic N) is 3. The molecule has 0 aromatic rings. The monoisotopic (exact) mass is 339 g/mol. The van der Waals surface area contributed by atoms with E-state index in [9.17, 15) is 14.4 Å². The predicted octanol–water partition coefficient (Wildman–Crippen LogP) is -0.539. The van der Waals surface area contributed by atoms with Crippen molar-refractivity contribution in [3.05, 3.63) is 0 Å². The molecule has 0 aromatic heterocycles.